The molecule has 0 N–H and O–H groups in total. The predicted octanol–water partition coefficient (Wildman–Crippen LogP) is 2.66. The Hall–Kier alpha value is -2.52. The molecule has 0 amide bonds. The van der Waals surface area contributed by atoms with Gasteiger partial charge in [0, 0.05) is 6.42 Å². The van der Waals surface area contributed by atoms with Crippen LogP contribution in [0, 0.1) is 18.6 Å². The first-order valence-corrected chi connectivity index (χ1v) is 9.95. The quantitative estimate of drug-likeness (QED) is 0.708. The van der Waals surface area contributed by atoms with Crippen molar-refractivity contribution in [1.82, 2.24) is 4.31 Å². The standard InChI is InChI=1S/C19H19F2NO5S/c1-12-9-13(20)7-8-18(12)28(24,25)22-11-14(10-16(22)19(23)26-2)27-17-6-4-3-5-15(17)21/h3-9,14,16H,10-11H2,1-2H3. The normalized spacial score (nSPS) is 20.1. The van der Waals surface area contributed by atoms with Crippen LogP contribution in [0.3, 0.4) is 0 Å². The van der Waals surface area contributed by atoms with E-state index in [-0.39, 0.29) is 29.2 Å². The van der Waals surface area contributed by atoms with E-state index in [1.807, 2.05) is 0 Å². The number of benzene rings is 2. The van der Waals surface area contributed by atoms with Gasteiger partial charge in [0.25, 0.3) is 0 Å². The minimum Gasteiger partial charge on any atom is -0.486 e. The Bertz CT molecular complexity index is 996. The van der Waals surface area contributed by atoms with Crippen molar-refractivity contribution >= 4 is 16.0 Å². The van der Waals surface area contributed by atoms with E-state index in [1.54, 1.807) is 6.07 Å². The number of aryl methyl sites for hydroxylation is 1. The maximum atomic E-state index is 13.9. The molecule has 1 saturated heterocycles. The molecule has 0 aliphatic carbocycles. The molecule has 2 atom stereocenters. The van der Waals surface area contributed by atoms with Crippen LogP contribution < -0.4 is 4.74 Å². The van der Waals surface area contributed by atoms with Gasteiger partial charge in [-0.2, -0.15) is 4.31 Å². The van der Waals surface area contributed by atoms with Crippen molar-refractivity contribution in [2.24, 2.45) is 0 Å². The minimum absolute atomic E-state index is 0.000476. The summed E-state index contributed by atoms with van der Waals surface area (Å²) >= 11 is 0. The zero-order chi connectivity index (χ0) is 20.5. The highest BCUT2D eigenvalue weighted by molar-refractivity contribution is 7.89. The highest BCUT2D eigenvalue weighted by Gasteiger charge is 2.46. The van der Waals surface area contributed by atoms with E-state index in [0.29, 0.717) is 0 Å². The third-order valence-electron chi connectivity index (χ3n) is 4.54. The highest BCUT2D eigenvalue weighted by Crippen LogP contribution is 2.31. The number of para-hydroxylation sites is 1. The summed E-state index contributed by atoms with van der Waals surface area (Å²) in [6.07, 6.45) is -0.753. The van der Waals surface area contributed by atoms with Crippen molar-refractivity contribution in [3.63, 3.8) is 0 Å². The zero-order valence-electron chi connectivity index (χ0n) is 15.3. The second-order valence-corrected chi connectivity index (χ2v) is 8.29. The van der Waals surface area contributed by atoms with Gasteiger partial charge in [-0.05, 0) is 42.8 Å². The van der Waals surface area contributed by atoms with Crippen LogP contribution in [-0.2, 0) is 19.6 Å². The third kappa shape index (κ3) is 3.85. The fourth-order valence-electron chi connectivity index (χ4n) is 3.22. The van der Waals surface area contributed by atoms with Crippen LogP contribution in [0.1, 0.15) is 12.0 Å². The number of nitrogens with zero attached hydrogens (tertiary/aromatic N) is 1. The van der Waals surface area contributed by atoms with Crippen molar-refractivity contribution in [1.29, 1.82) is 0 Å². The highest BCUT2D eigenvalue weighted by atomic mass is 32.2. The van der Waals surface area contributed by atoms with Gasteiger partial charge in [-0.15, -0.1) is 0 Å². The lowest BCUT2D eigenvalue weighted by Crippen LogP contribution is -2.41. The molecule has 3 rings (SSSR count). The van der Waals surface area contributed by atoms with Crippen LogP contribution >= 0.6 is 0 Å². The summed E-state index contributed by atoms with van der Waals surface area (Å²) in [4.78, 5) is 12.1. The number of carbonyl (C=O) groups excluding carboxylic acids is 1. The van der Waals surface area contributed by atoms with Crippen molar-refractivity contribution in [2.75, 3.05) is 13.7 Å². The minimum atomic E-state index is -4.13. The summed E-state index contributed by atoms with van der Waals surface area (Å²) in [7, 11) is -2.98. The molecule has 2 unspecified atom stereocenters. The molecule has 1 aliphatic heterocycles. The first-order valence-electron chi connectivity index (χ1n) is 8.51. The molecule has 0 spiro atoms. The smallest absolute Gasteiger partial charge is 0.324 e. The third-order valence-corrected chi connectivity index (χ3v) is 6.58. The Labute approximate surface area is 161 Å². The van der Waals surface area contributed by atoms with Crippen molar-refractivity contribution < 1.29 is 31.5 Å². The molecule has 0 saturated carbocycles. The predicted molar refractivity (Wildman–Crippen MR) is 96.3 cm³/mol. The molecule has 1 aliphatic rings. The van der Waals surface area contributed by atoms with E-state index in [0.717, 1.165) is 29.6 Å². The Morgan fingerprint density at radius 3 is 2.54 bits per heavy atom. The monoisotopic (exact) mass is 411 g/mol. The van der Waals surface area contributed by atoms with Crippen molar-refractivity contribution in [2.45, 2.75) is 30.4 Å². The number of hydrogen-bond acceptors (Lipinski definition) is 5. The Balaban J connectivity index is 1.93. The van der Waals surface area contributed by atoms with Crippen LogP contribution in [0.25, 0.3) is 0 Å². The average Bonchev–Trinajstić information content (AvgIpc) is 3.07. The topological polar surface area (TPSA) is 72.9 Å². The molecular weight excluding hydrogens is 392 g/mol. The number of carbonyl (C=O) groups is 1. The second kappa shape index (κ2) is 7.84. The van der Waals surface area contributed by atoms with Gasteiger partial charge in [-0.25, -0.2) is 17.2 Å². The fraction of sp³-hybridized carbons (Fsp3) is 0.316. The number of hydrogen-bond donors (Lipinski definition) is 0. The Kier molecular flexibility index (Phi) is 5.66. The number of halogens is 2. The molecule has 1 heterocycles. The van der Waals surface area contributed by atoms with Gasteiger partial charge in [-0.3, -0.25) is 4.79 Å². The summed E-state index contributed by atoms with van der Waals surface area (Å²) in [6, 6.07) is 7.89. The van der Waals surface area contributed by atoms with Crippen molar-refractivity contribution in [3.8, 4) is 5.75 Å². The maximum absolute atomic E-state index is 13.9. The molecule has 150 valence electrons. The number of esters is 1. The van der Waals surface area contributed by atoms with Crippen LogP contribution in [0.15, 0.2) is 47.4 Å². The first-order chi connectivity index (χ1) is 13.2. The molecule has 2 aromatic rings. The molecule has 0 bridgehead atoms. The van der Waals surface area contributed by atoms with E-state index in [1.165, 1.54) is 25.1 Å². The molecule has 6 nitrogen and oxygen atoms in total. The van der Waals surface area contributed by atoms with Crippen LogP contribution in [0.2, 0.25) is 0 Å². The summed E-state index contributed by atoms with van der Waals surface area (Å²) in [5.74, 6) is -1.94. The van der Waals surface area contributed by atoms with Crippen molar-refractivity contribution in [3.05, 3.63) is 59.7 Å². The summed E-state index contributed by atoms with van der Waals surface area (Å²) in [5.41, 5.74) is 0.210. The second-order valence-electron chi connectivity index (χ2n) is 6.43. The van der Waals surface area contributed by atoms with Gasteiger partial charge < -0.3 is 9.47 Å². The van der Waals surface area contributed by atoms with Crippen LogP contribution in [0.5, 0.6) is 5.75 Å². The average molecular weight is 411 g/mol. The van der Waals surface area contributed by atoms with Gasteiger partial charge in [0.05, 0.1) is 18.6 Å². The summed E-state index contributed by atoms with van der Waals surface area (Å²) in [6.45, 7) is 1.29. The van der Waals surface area contributed by atoms with Gasteiger partial charge >= 0.3 is 5.97 Å². The lowest BCUT2D eigenvalue weighted by Gasteiger charge is -2.22. The van der Waals surface area contributed by atoms with Crippen LogP contribution in [-0.4, -0.2) is 44.5 Å². The lowest BCUT2D eigenvalue weighted by atomic mass is 10.2. The molecule has 2 aromatic carbocycles. The number of sulfonamides is 1. The van der Waals surface area contributed by atoms with E-state index >= 15 is 0 Å². The molecule has 1 fully saturated rings. The van der Waals surface area contributed by atoms with E-state index < -0.39 is 39.8 Å². The Morgan fingerprint density at radius 2 is 1.89 bits per heavy atom. The van der Waals surface area contributed by atoms with E-state index in [9.17, 15) is 22.0 Å². The van der Waals surface area contributed by atoms with Gasteiger partial charge in [-0.1, -0.05) is 12.1 Å². The van der Waals surface area contributed by atoms with Gasteiger partial charge in [0.2, 0.25) is 10.0 Å². The van der Waals surface area contributed by atoms with Crippen LogP contribution in [0.4, 0.5) is 8.78 Å². The van der Waals surface area contributed by atoms with Gasteiger partial charge in [0.15, 0.2) is 11.6 Å². The van der Waals surface area contributed by atoms with Gasteiger partial charge in [0.1, 0.15) is 18.0 Å². The zero-order valence-corrected chi connectivity index (χ0v) is 16.1. The summed E-state index contributed by atoms with van der Waals surface area (Å²) < 4.78 is 64.8. The molecular formula is C19H19F2NO5S. The lowest BCUT2D eigenvalue weighted by molar-refractivity contribution is -0.144. The number of methoxy groups -OCH3 is 1. The summed E-state index contributed by atoms with van der Waals surface area (Å²) in [5, 5.41) is 0. The molecule has 9 heteroatoms. The molecule has 0 radical (unpaired) electrons. The maximum Gasteiger partial charge on any atom is 0.324 e. The number of rotatable bonds is 5. The largest absolute Gasteiger partial charge is 0.486 e. The number of ether oxygens (including phenoxy) is 2. The van der Waals surface area contributed by atoms with E-state index in [4.69, 9.17) is 9.47 Å². The molecule has 0 aromatic heterocycles. The van der Waals surface area contributed by atoms with E-state index in [2.05, 4.69) is 0 Å². The molecule has 28 heavy (non-hydrogen) atoms. The first kappa shape index (κ1) is 20.2. The Morgan fingerprint density at radius 1 is 1.18 bits per heavy atom. The SMILES string of the molecule is COC(=O)C1CC(Oc2ccccc2F)CN1S(=O)(=O)c1ccc(F)cc1C. The fourth-order valence-corrected chi connectivity index (χ4v) is 5.05.